The van der Waals surface area contributed by atoms with E-state index < -0.39 is 4.92 Å². The second-order valence-electron chi connectivity index (χ2n) is 5.79. The van der Waals surface area contributed by atoms with Gasteiger partial charge < -0.3 is 10.1 Å². The molecule has 1 amide bonds. The highest BCUT2D eigenvalue weighted by Gasteiger charge is 2.18. The summed E-state index contributed by atoms with van der Waals surface area (Å²) in [6, 6.07) is 12.3. The lowest BCUT2D eigenvalue weighted by atomic mass is 10.0. The Kier molecular flexibility index (Phi) is 5.52. The molecule has 0 spiro atoms. The molecule has 0 fully saturated rings. The number of aryl methyl sites for hydroxylation is 1. The summed E-state index contributed by atoms with van der Waals surface area (Å²) in [6.07, 6.45) is 0. The third kappa shape index (κ3) is 4.32. The Labute approximate surface area is 140 Å². The van der Waals surface area contributed by atoms with Crippen LogP contribution in [-0.4, -0.2) is 17.4 Å². The van der Waals surface area contributed by atoms with Gasteiger partial charge in [0.2, 0.25) is 0 Å². The summed E-state index contributed by atoms with van der Waals surface area (Å²) >= 11 is 0. The van der Waals surface area contributed by atoms with Crippen molar-refractivity contribution >= 4 is 17.3 Å². The molecule has 6 nitrogen and oxygen atoms in total. The lowest BCUT2D eigenvalue weighted by Crippen LogP contribution is -2.20. The van der Waals surface area contributed by atoms with Crippen LogP contribution in [-0.2, 0) is 4.79 Å². The van der Waals surface area contributed by atoms with Gasteiger partial charge in [0.05, 0.1) is 4.92 Å². The summed E-state index contributed by atoms with van der Waals surface area (Å²) in [5.74, 6) is 0.133. The fourth-order valence-electron chi connectivity index (χ4n) is 2.27. The Bertz CT molecular complexity index is 739. The first kappa shape index (κ1) is 17.5. The van der Waals surface area contributed by atoms with Crippen LogP contribution in [0.1, 0.15) is 30.9 Å². The topological polar surface area (TPSA) is 81.5 Å². The monoisotopic (exact) mass is 328 g/mol. The van der Waals surface area contributed by atoms with E-state index in [9.17, 15) is 14.9 Å². The highest BCUT2D eigenvalue weighted by Crippen LogP contribution is 2.30. The largest absolute Gasteiger partial charge is 0.477 e. The molecule has 24 heavy (non-hydrogen) atoms. The number of ether oxygens (including phenoxy) is 1. The standard InChI is InChI=1S/C18H20N2O4/c1-12(2)14-7-9-15(10-8-14)19-17(21)11-24-16-6-4-5-13(3)18(16)20(22)23/h4-10,12H,11H2,1-3H3,(H,19,21). The van der Waals surface area contributed by atoms with E-state index in [2.05, 4.69) is 19.2 Å². The number of carbonyl (C=O) groups excluding carboxylic acids is 1. The van der Waals surface area contributed by atoms with Gasteiger partial charge in [-0.15, -0.1) is 0 Å². The van der Waals surface area contributed by atoms with Gasteiger partial charge in [-0.05, 0) is 36.6 Å². The second kappa shape index (κ2) is 7.59. The molecule has 0 radical (unpaired) electrons. The van der Waals surface area contributed by atoms with E-state index in [1.807, 2.05) is 24.3 Å². The molecular formula is C18H20N2O4. The molecule has 0 aromatic heterocycles. The van der Waals surface area contributed by atoms with Gasteiger partial charge in [0.25, 0.3) is 5.91 Å². The van der Waals surface area contributed by atoms with Crippen LogP contribution >= 0.6 is 0 Å². The minimum absolute atomic E-state index is 0.0882. The number of para-hydroxylation sites is 1. The third-order valence-corrected chi connectivity index (χ3v) is 3.60. The summed E-state index contributed by atoms with van der Waals surface area (Å²) in [7, 11) is 0. The molecule has 0 saturated carbocycles. The minimum Gasteiger partial charge on any atom is -0.477 e. The van der Waals surface area contributed by atoms with Crippen LogP contribution in [0, 0.1) is 17.0 Å². The van der Waals surface area contributed by atoms with Gasteiger partial charge in [0, 0.05) is 11.3 Å². The molecule has 0 saturated heterocycles. The van der Waals surface area contributed by atoms with Crippen molar-refractivity contribution in [2.75, 3.05) is 11.9 Å². The van der Waals surface area contributed by atoms with Crippen molar-refractivity contribution in [2.24, 2.45) is 0 Å². The van der Waals surface area contributed by atoms with E-state index >= 15 is 0 Å². The van der Waals surface area contributed by atoms with Gasteiger partial charge in [0.1, 0.15) is 0 Å². The molecule has 6 heteroatoms. The van der Waals surface area contributed by atoms with Crippen LogP contribution in [0.3, 0.4) is 0 Å². The first-order valence-corrected chi connectivity index (χ1v) is 7.65. The Balaban J connectivity index is 1.99. The first-order valence-electron chi connectivity index (χ1n) is 7.65. The van der Waals surface area contributed by atoms with E-state index in [1.165, 1.54) is 11.6 Å². The lowest BCUT2D eigenvalue weighted by Gasteiger charge is -2.10. The maximum Gasteiger partial charge on any atom is 0.313 e. The molecule has 1 N–H and O–H groups in total. The number of benzene rings is 2. The summed E-state index contributed by atoms with van der Waals surface area (Å²) in [6.45, 7) is 5.52. The Hall–Kier alpha value is -2.89. The van der Waals surface area contributed by atoms with Crippen LogP contribution in [0.15, 0.2) is 42.5 Å². The van der Waals surface area contributed by atoms with Gasteiger partial charge >= 0.3 is 5.69 Å². The van der Waals surface area contributed by atoms with Crippen molar-refractivity contribution in [1.29, 1.82) is 0 Å². The molecular weight excluding hydrogens is 308 g/mol. The quantitative estimate of drug-likeness (QED) is 0.641. The number of nitro groups is 1. The summed E-state index contributed by atoms with van der Waals surface area (Å²) in [5, 5.41) is 13.8. The van der Waals surface area contributed by atoms with Crippen molar-refractivity contribution in [3.8, 4) is 5.75 Å². The van der Waals surface area contributed by atoms with E-state index in [-0.39, 0.29) is 24.0 Å². The van der Waals surface area contributed by atoms with Gasteiger partial charge in [-0.25, -0.2) is 0 Å². The summed E-state index contributed by atoms with van der Waals surface area (Å²) in [5.41, 5.74) is 2.21. The zero-order chi connectivity index (χ0) is 17.7. The van der Waals surface area contributed by atoms with Gasteiger partial charge in [-0.3, -0.25) is 14.9 Å². The maximum absolute atomic E-state index is 12.0. The summed E-state index contributed by atoms with van der Waals surface area (Å²) < 4.78 is 5.32. The highest BCUT2D eigenvalue weighted by atomic mass is 16.6. The molecule has 0 aliphatic heterocycles. The number of rotatable bonds is 6. The number of hydrogen-bond donors (Lipinski definition) is 1. The van der Waals surface area contributed by atoms with E-state index in [0.29, 0.717) is 17.2 Å². The highest BCUT2D eigenvalue weighted by molar-refractivity contribution is 5.91. The number of nitrogens with one attached hydrogen (secondary N) is 1. The smallest absolute Gasteiger partial charge is 0.313 e. The van der Waals surface area contributed by atoms with Crippen LogP contribution in [0.5, 0.6) is 5.75 Å². The maximum atomic E-state index is 12.0. The predicted octanol–water partition coefficient (Wildman–Crippen LogP) is 4.04. The zero-order valence-corrected chi connectivity index (χ0v) is 13.9. The minimum atomic E-state index is -0.507. The molecule has 0 heterocycles. The molecule has 0 atom stereocenters. The third-order valence-electron chi connectivity index (χ3n) is 3.60. The molecule has 0 aliphatic rings. The van der Waals surface area contributed by atoms with Crippen molar-refractivity contribution in [3.05, 3.63) is 63.7 Å². The van der Waals surface area contributed by atoms with E-state index in [1.54, 1.807) is 19.1 Å². The molecule has 0 aliphatic carbocycles. The van der Waals surface area contributed by atoms with E-state index in [0.717, 1.165) is 0 Å². The van der Waals surface area contributed by atoms with Crippen molar-refractivity contribution < 1.29 is 14.5 Å². The second-order valence-corrected chi connectivity index (χ2v) is 5.79. The fourth-order valence-corrected chi connectivity index (χ4v) is 2.27. The first-order chi connectivity index (χ1) is 11.4. The number of anilines is 1. The molecule has 0 unspecified atom stereocenters. The Morgan fingerprint density at radius 3 is 2.46 bits per heavy atom. The molecule has 2 aromatic carbocycles. The number of hydrogen-bond acceptors (Lipinski definition) is 4. The predicted molar refractivity (Wildman–Crippen MR) is 92.5 cm³/mol. The van der Waals surface area contributed by atoms with Crippen molar-refractivity contribution in [3.63, 3.8) is 0 Å². The molecule has 126 valence electrons. The Morgan fingerprint density at radius 1 is 1.21 bits per heavy atom. The molecule has 2 aromatic rings. The zero-order valence-electron chi connectivity index (χ0n) is 13.9. The Morgan fingerprint density at radius 2 is 1.88 bits per heavy atom. The number of nitrogens with zero attached hydrogens (tertiary/aromatic N) is 1. The van der Waals surface area contributed by atoms with Crippen LogP contribution < -0.4 is 10.1 Å². The number of amides is 1. The van der Waals surface area contributed by atoms with Crippen LogP contribution in [0.2, 0.25) is 0 Å². The molecule has 0 bridgehead atoms. The van der Waals surface area contributed by atoms with Gasteiger partial charge in [-0.1, -0.05) is 38.1 Å². The number of carbonyl (C=O) groups is 1. The number of nitro benzene ring substituents is 1. The summed E-state index contributed by atoms with van der Waals surface area (Å²) in [4.78, 5) is 22.5. The van der Waals surface area contributed by atoms with Crippen molar-refractivity contribution in [2.45, 2.75) is 26.7 Å². The van der Waals surface area contributed by atoms with Crippen molar-refractivity contribution in [1.82, 2.24) is 0 Å². The van der Waals surface area contributed by atoms with Crippen LogP contribution in [0.25, 0.3) is 0 Å². The average Bonchev–Trinajstić information content (AvgIpc) is 2.53. The normalized spacial score (nSPS) is 10.5. The fraction of sp³-hybridized carbons (Fsp3) is 0.278. The van der Waals surface area contributed by atoms with Crippen LogP contribution in [0.4, 0.5) is 11.4 Å². The average molecular weight is 328 g/mol. The SMILES string of the molecule is Cc1cccc(OCC(=O)Nc2ccc(C(C)C)cc2)c1[N+](=O)[O-]. The van der Waals surface area contributed by atoms with Gasteiger partial charge in [-0.2, -0.15) is 0 Å². The lowest BCUT2D eigenvalue weighted by molar-refractivity contribution is -0.386. The molecule has 2 rings (SSSR count). The van der Waals surface area contributed by atoms with E-state index in [4.69, 9.17) is 4.74 Å². The van der Waals surface area contributed by atoms with Gasteiger partial charge in [0.15, 0.2) is 12.4 Å².